The highest BCUT2D eigenvalue weighted by atomic mass is 16.2. The average molecular weight is 318 g/mol. The van der Waals surface area contributed by atoms with Crippen LogP contribution in [0.1, 0.15) is 30.4 Å². The zero-order valence-corrected chi connectivity index (χ0v) is 13.5. The van der Waals surface area contributed by atoms with Crippen LogP contribution < -0.4 is 16.4 Å². The van der Waals surface area contributed by atoms with Crippen molar-refractivity contribution in [2.24, 2.45) is 5.73 Å². The number of benzene rings is 1. The summed E-state index contributed by atoms with van der Waals surface area (Å²) in [5.74, 6) is -0.0358. The molecule has 1 aliphatic rings. The fraction of sp³-hybridized carbons (Fsp3) is 0.529. The quantitative estimate of drug-likeness (QED) is 0.655. The summed E-state index contributed by atoms with van der Waals surface area (Å²) in [6, 6.07) is 8.09. The molecule has 0 bridgehead atoms. The van der Waals surface area contributed by atoms with Gasteiger partial charge in [-0.1, -0.05) is 24.3 Å². The van der Waals surface area contributed by atoms with Crippen LogP contribution in [0.15, 0.2) is 24.3 Å². The van der Waals surface area contributed by atoms with E-state index in [2.05, 4.69) is 22.8 Å². The molecule has 0 fully saturated rings. The van der Waals surface area contributed by atoms with Crippen molar-refractivity contribution in [2.45, 2.75) is 32.2 Å². The number of amides is 3. The number of carbonyl (C=O) groups is 2. The highest BCUT2D eigenvalue weighted by molar-refractivity contribution is 5.78. The number of rotatable bonds is 7. The molecule has 126 valence electrons. The predicted molar refractivity (Wildman–Crippen MR) is 89.9 cm³/mol. The van der Waals surface area contributed by atoms with E-state index in [0.717, 1.165) is 19.3 Å². The number of nitrogens with two attached hydrogens (primary N) is 1. The van der Waals surface area contributed by atoms with Gasteiger partial charge in [-0.25, -0.2) is 4.79 Å². The maximum atomic E-state index is 12.2. The molecule has 3 amide bonds. The number of unbranched alkanes of at least 4 members (excludes halogenated alkanes) is 1. The molecule has 4 N–H and O–H groups in total. The Morgan fingerprint density at radius 3 is 2.65 bits per heavy atom. The van der Waals surface area contributed by atoms with Crippen molar-refractivity contribution in [3.63, 3.8) is 0 Å². The SMILES string of the molecule is NCCCCNC(=O)CCNC(=O)N1CCc2ccccc2C1. The van der Waals surface area contributed by atoms with E-state index < -0.39 is 0 Å². The lowest BCUT2D eigenvalue weighted by atomic mass is 10.0. The number of hydrogen-bond donors (Lipinski definition) is 3. The van der Waals surface area contributed by atoms with Crippen molar-refractivity contribution in [3.05, 3.63) is 35.4 Å². The lowest BCUT2D eigenvalue weighted by Crippen LogP contribution is -2.43. The molecule has 1 aromatic carbocycles. The molecule has 0 radical (unpaired) electrons. The Labute approximate surface area is 137 Å². The van der Waals surface area contributed by atoms with Crippen molar-refractivity contribution in [2.75, 3.05) is 26.2 Å². The van der Waals surface area contributed by atoms with Gasteiger partial charge in [0, 0.05) is 32.6 Å². The standard InChI is InChI=1S/C17H26N4O2/c18-9-3-4-10-19-16(22)7-11-20-17(23)21-12-8-14-5-1-2-6-15(14)13-21/h1-2,5-6H,3-4,7-13,18H2,(H,19,22)(H,20,23). The fourth-order valence-corrected chi connectivity index (χ4v) is 2.65. The summed E-state index contributed by atoms with van der Waals surface area (Å²) in [5, 5.41) is 5.65. The Morgan fingerprint density at radius 1 is 1.09 bits per heavy atom. The van der Waals surface area contributed by atoms with Crippen LogP contribution in [-0.4, -0.2) is 43.0 Å². The first-order valence-corrected chi connectivity index (χ1v) is 8.27. The zero-order chi connectivity index (χ0) is 16.5. The van der Waals surface area contributed by atoms with Crippen LogP contribution in [0.2, 0.25) is 0 Å². The van der Waals surface area contributed by atoms with Gasteiger partial charge in [0.25, 0.3) is 0 Å². The Morgan fingerprint density at radius 2 is 1.87 bits per heavy atom. The smallest absolute Gasteiger partial charge is 0.317 e. The molecule has 0 spiro atoms. The van der Waals surface area contributed by atoms with E-state index in [1.165, 1.54) is 11.1 Å². The Bertz CT molecular complexity index is 533. The van der Waals surface area contributed by atoms with E-state index in [9.17, 15) is 9.59 Å². The first kappa shape index (κ1) is 17.3. The van der Waals surface area contributed by atoms with Crippen molar-refractivity contribution >= 4 is 11.9 Å². The molecule has 23 heavy (non-hydrogen) atoms. The van der Waals surface area contributed by atoms with Crippen LogP contribution in [0, 0.1) is 0 Å². The first-order chi connectivity index (χ1) is 11.2. The third-order valence-corrected chi connectivity index (χ3v) is 4.00. The molecule has 0 atom stereocenters. The molecule has 0 aromatic heterocycles. The minimum absolute atomic E-state index is 0.0358. The number of hydrogen-bond acceptors (Lipinski definition) is 3. The number of urea groups is 1. The van der Waals surface area contributed by atoms with Gasteiger partial charge in [0.15, 0.2) is 0 Å². The van der Waals surface area contributed by atoms with Gasteiger partial charge in [0.2, 0.25) is 5.91 Å². The van der Waals surface area contributed by atoms with Gasteiger partial charge in [0.05, 0.1) is 0 Å². The van der Waals surface area contributed by atoms with Gasteiger partial charge in [-0.3, -0.25) is 4.79 Å². The van der Waals surface area contributed by atoms with Crippen LogP contribution in [0.25, 0.3) is 0 Å². The second kappa shape index (κ2) is 9.15. The highest BCUT2D eigenvalue weighted by Crippen LogP contribution is 2.18. The van der Waals surface area contributed by atoms with E-state index >= 15 is 0 Å². The zero-order valence-electron chi connectivity index (χ0n) is 13.5. The van der Waals surface area contributed by atoms with Gasteiger partial charge in [0.1, 0.15) is 0 Å². The Balaban J connectivity index is 1.65. The van der Waals surface area contributed by atoms with Crippen LogP contribution in [0.3, 0.4) is 0 Å². The molecular weight excluding hydrogens is 292 g/mol. The lowest BCUT2D eigenvalue weighted by molar-refractivity contribution is -0.120. The maximum absolute atomic E-state index is 12.2. The number of carbonyl (C=O) groups excluding carboxylic acids is 2. The summed E-state index contributed by atoms with van der Waals surface area (Å²) >= 11 is 0. The summed E-state index contributed by atoms with van der Waals surface area (Å²) in [7, 11) is 0. The second-order valence-electron chi connectivity index (χ2n) is 5.77. The van der Waals surface area contributed by atoms with E-state index in [0.29, 0.717) is 39.1 Å². The molecule has 1 aromatic rings. The molecule has 1 aliphatic heterocycles. The minimum Gasteiger partial charge on any atom is -0.356 e. The normalized spacial score (nSPS) is 13.3. The third kappa shape index (κ3) is 5.56. The molecule has 1 heterocycles. The molecule has 2 rings (SSSR count). The molecule has 0 saturated carbocycles. The minimum atomic E-state index is -0.101. The summed E-state index contributed by atoms with van der Waals surface area (Å²) in [5.41, 5.74) is 7.91. The predicted octanol–water partition coefficient (Wildman–Crippen LogP) is 1.000. The van der Waals surface area contributed by atoms with E-state index in [1.54, 1.807) is 4.90 Å². The second-order valence-corrected chi connectivity index (χ2v) is 5.77. The topological polar surface area (TPSA) is 87.5 Å². The maximum Gasteiger partial charge on any atom is 0.317 e. The Kier molecular flexibility index (Phi) is 6.87. The molecular formula is C17H26N4O2. The van der Waals surface area contributed by atoms with E-state index in [1.807, 2.05) is 12.1 Å². The summed E-state index contributed by atoms with van der Waals surface area (Å²) < 4.78 is 0. The Hall–Kier alpha value is -2.08. The van der Waals surface area contributed by atoms with Crippen LogP contribution in [0.4, 0.5) is 4.79 Å². The van der Waals surface area contributed by atoms with Gasteiger partial charge < -0.3 is 21.3 Å². The van der Waals surface area contributed by atoms with Crippen molar-refractivity contribution in [1.29, 1.82) is 0 Å². The highest BCUT2D eigenvalue weighted by Gasteiger charge is 2.19. The largest absolute Gasteiger partial charge is 0.356 e. The van der Waals surface area contributed by atoms with Crippen molar-refractivity contribution < 1.29 is 9.59 Å². The summed E-state index contributed by atoms with van der Waals surface area (Å²) in [6.45, 7) is 3.00. The molecule has 0 unspecified atom stereocenters. The fourth-order valence-electron chi connectivity index (χ4n) is 2.65. The molecule has 0 saturated heterocycles. The summed E-state index contributed by atoms with van der Waals surface area (Å²) in [6.07, 6.45) is 2.99. The first-order valence-electron chi connectivity index (χ1n) is 8.27. The number of fused-ring (bicyclic) bond motifs is 1. The monoisotopic (exact) mass is 318 g/mol. The molecule has 0 aliphatic carbocycles. The van der Waals surface area contributed by atoms with Gasteiger partial charge >= 0.3 is 6.03 Å². The summed E-state index contributed by atoms with van der Waals surface area (Å²) in [4.78, 5) is 25.6. The van der Waals surface area contributed by atoms with Crippen LogP contribution in [-0.2, 0) is 17.8 Å². The number of nitrogens with one attached hydrogen (secondary N) is 2. The van der Waals surface area contributed by atoms with Gasteiger partial charge in [-0.15, -0.1) is 0 Å². The van der Waals surface area contributed by atoms with Crippen LogP contribution in [0.5, 0.6) is 0 Å². The van der Waals surface area contributed by atoms with Crippen LogP contribution >= 0.6 is 0 Å². The van der Waals surface area contributed by atoms with Crippen molar-refractivity contribution in [1.82, 2.24) is 15.5 Å². The molecule has 6 nitrogen and oxygen atoms in total. The van der Waals surface area contributed by atoms with Gasteiger partial charge in [-0.05, 0) is 36.9 Å². The molecule has 6 heteroatoms. The van der Waals surface area contributed by atoms with E-state index in [-0.39, 0.29) is 11.9 Å². The average Bonchev–Trinajstić information content (AvgIpc) is 2.58. The lowest BCUT2D eigenvalue weighted by Gasteiger charge is -2.28. The number of nitrogens with zero attached hydrogens (tertiary/aromatic N) is 1. The third-order valence-electron chi connectivity index (χ3n) is 4.00. The van der Waals surface area contributed by atoms with Gasteiger partial charge in [-0.2, -0.15) is 0 Å². The van der Waals surface area contributed by atoms with E-state index in [4.69, 9.17) is 5.73 Å². The van der Waals surface area contributed by atoms with Crippen molar-refractivity contribution in [3.8, 4) is 0 Å².